The van der Waals surface area contributed by atoms with Gasteiger partial charge in [-0.25, -0.2) is 13.6 Å². The minimum Gasteiger partial charge on any atom is -0.396 e. The molecule has 1 aliphatic rings. The number of nitrogens with zero attached hydrogens (tertiary/aromatic N) is 1. The second kappa shape index (κ2) is 5.36. The molecule has 1 aromatic carbocycles. The molecule has 1 aliphatic heterocycles. The molecular formula is C12H20N4O2S. The van der Waals surface area contributed by atoms with E-state index in [-0.39, 0.29) is 10.6 Å². The van der Waals surface area contributed by atoms with Gasteiger partial charge >= 0.3 is 0 Å². The number of benzene rings is 1. The minimum atomic E-state index is -3.78. The highest BCUT2D eigenvalue weighted by Gasteiger charge is 2.19. The fraction of sp³-hybridized carbons (Fsp3) is 0.500. The summed E-state index contributed by atoms with van der Waals surface area (Å²) >= 11 is 0. The molecule has 0 spiro atoms. The Labute approximate surface area is 113 Å². The van der Waals surface area contributed by atoms with Crippen molar-refractivity contribution in [3.8, 4) is 0 Å². The Bertz CT molecular complexity index is 551. The van der Waals surface area contributed by atoms with Gasteiger partial charge in [0.1, 0.15) is 4.90 Å². The summed E-state index contributed by atoms with van der Waals surface area (Å²) in [5.74, 6) is 0. The van der Waals surface area contributed by atoms with Crippen LogP contribution < -0.4 is 16.2 Å². The molecule has 106 valence electrons. The van der Waals surface area contributed by atoms with Gasteiger partial charge in [0.15, 0.2) is 0 Å². The summed E-state index contributed by atoms with van der Waals surface area (Å²) in [5, 5.41) is 8.45. The van der Waals surface area contributed by atoms with Crippen molar-refractivity contribution in [2.45, 2.75) is 23.8 Å². The second-order valence-corrected chi connectivity index (χ2v) is 6.51. The molecule has 0 atom stereocenters. The van der Waals surface area contributed by atoms with E-state index in [2.05, 4.69) is 17.3 Å². The van der Waals surface area contributed by atoms with E-state index in [1.807, 2.05) is 0 Å². The van der Waals surface area contributed by atoms with E-state index >= 15 is 0 Å². The lowest BCUT2D eigenvalue weighted by molar-refractivity contribution is 0.264. The molecule has 0 aromatic heterocycles. The predicted molar refractivity (Wildman–Crippen MR) is 76.4 cm³/mol. The van der Waals surface area contributed by atoms with Crippen molar-refractivity contribution >= 4 is 21.4 Å². The Morgan fingerprint density at radius 1 is 1.32 bits per heavy atom. The Morgan fingerprint density at radius 3 is 2.53 bits per heavy atom. The molecular weight excluding hydrogens is 264 g/mol. The molecule has 1 saturated heterocycles. The van der Waals surface area contributed by atoms with Gasteiger partial charge in [-0.3, -0.25) is 0 Å². The number of nitrogen functional groups attached to an aromatic ring is 1. The molecule has 2 rings (SSSR count). The molecule has 7 heteroatoms. The number of nitrogens with one attached hydrogen (secondary N) is 1. The summed E-state index contributed by atoms with van der Waals surface area (Å²) in [7, 11) is -1.69. The third-order valence-electron chi connectivity index (χ3n) is 3.45. The van der Waals surface area contributed by atoms with Crippen LogP contribution in [0.5, 0.6) is 0 Å². The van der Waals surface area contributed by atoms with Gasteiger partial charge in [-0.1, -0.05) is 6.07 Å². The Balaban J connectivity index is 2.17. The number of para-hydroxylation sites is 1. The van der Waals surface area contributed by atoms with E-state index in [0.29, 0.717) is 11.7 Å². The van der Waals surface area contributed by atoms with Gasteiger partial charge < -0.3 is 16.0 Å². The Hall–Kier alpha value is -1.31. The van der Waals surface area contributed by atoms with E-state index < -0.39 is 10.0 Å². The molecule has 5 N–H and O–H groups in total. The molecule has 0 saturated carbocycles. The third kappa shape index (κ3) is 3.37. The maximum atomic E-state index is 11.4. The van der Waals surface area contributed by atoms with Crippen molar-refractivity contribution in [1.29, 1.82) is 0 Å². The zero-order chi connectivity index (χ0) is 14.0. The zero-order valence-electron chi connectivity index (χ0n) is 11.0. The quantitative estimate of drug-likeness (QED) is 0.698. The van der Waals surface area contributed by atoms with Gasteiger partial charge in [-0.05, 0) is 45.1 Å². The zero-order valence-corrected chi connectivity index (χ0v) is 11.8. The van der Waals surface area contributed by atoms with Crippen LogP contribution in [0, 0.1) is 0 Å². The molecule has 19 heavy (non-hydrogen) atoms. The molecule has 1 fully saturated rings. The fourth-order valence-electron chi connectivity index (χ4n) is 2.29. The van der Waals surface area contributed by atoms with Gasteiger partial charge in [0.2, 0.25) is 10.0 Å². The highest BCUT2D eigenvalue weighted by atomic mass is 32.2. The maximum absolute atomic E-state index is 11.4. The van der Waals surface area contributed by atoms with Gasteiger partial charge in [0.05, 0.1) is 11.4 Å². The van der Waals surface area contributed by atoms with Gasteiger partial charge in [-0.15, -0.1) is 0 Å². The van der Waals surface area contributed by atoms with E-state index in [9.17, 15) is 8.42 Å². The van der Waals surface area contributed by atoms with Crippen molar-refractivity contribution in [3.05, 3.63) is 18.2 Å². The number of primary sulfonamides is 1. The fourth-order valence-corrected chi connectivity index (χ4v) is 2.98. The molecule has 0 radical (unpaired) electrons. The first-order valence-corrected chi connectivity index (χ1v) is 7.79. The minimum absolute atomic E-state index is 0.0228. The first-order valence-electron chi connectivity index (χ1n) is 6.24. The van der Waals surface area contributed by atoms with Crippen molar-refractivity contribution in [3.63, 3.8) is 0 Å². The summed E-state index contributed by atoms with van der Waals surface area (Å²) in [6.07, 6.45) is 2.02. The van der Waals surface area contributed by atoms with Crippen LogP contribution in [0.2, 0.25) is 0 Å². The highest BCUT2D eigenvalue weighted by Crippen LogP contribution is 2.27. The largest absolute Gasteiger partial charge is 0.396 e. The number of rotatable bonds is 3. The average molecular weight is 284 g/mol. The number of likely N-dealkylation sites (tertiary alicyclic amines) is 1. The van der Waals surface area contributed by atoms with Crippen LogP contribution in [-0.2, 0) is 10.0 Å². The van der Waals surface area contributed by atoms with Crippen LogP contribution in [0.3, 0.4) is 0 Å². The summed E-state index contributed by atoms with van der Waals surface area (Å²) in [5.41, 5.74) is 6.72. The Morgan fingerprint density at radius 2 is 1.95 bits per heavy atom. The second-order valence-electron chi connectivity index (χ2n) is 4.98. The topological polar surface area (TPSA) is 101 Å². The number of anilines is 2. The SMILES string of the molecule is CN1CCC(Nc2cccc(S(N)(=O)=O)c2N)CC1. The lowest BCUT2D eigenvalue weighted by Crippen LogP contribution is -2.36. The summed E-state index contributed by atoms with van der Waals surface area (Å²) in [4.78, 5) is 2.24. The van der Waals surface area contributed by atoms with Crippen LogP contribution in [0.1, 0.15) is 12.8 Å². The lowest BCUT2D eigenvalue weighted by Gasteiger charge is -2.30. The van der Waals surface area contributed by atoms with Crippen molar-refractivity contribution in [2.75, 3.05) is 31.2 Å². The number of hydrogen-bond acceptors (Lipinski definition) is 5. The van der Waals surface area contributed by atoms with Crippen LogP contribution in [-0.4, -0.2) is 39.5 Å². The average Bonchev–Trinajstić information content (AvgIpc) is 2.33. The third-order valence-corrected chi connectivity index (χ3v) is 4.42. The number of sulfonamides is 1. The highest BCUT2D eigenvalue weighted by molar-refractivity contribution is 7.89. The van der Waals surface area contributed by atoms with Crippen LogP contribution >= 0.6 is 0 Å². The maximum Gasteiger partial charge on any atom is 0.240 e. The molecule has 0 bridgehead atoms. The van der Waals surface area contributed by atoms with E-state index in [1.165, 1.54) is 6.07 Å². The molecule has 1 heterocycles. The summed E-state index contributed by atoms with van der Waals surface area (Å²) in [6.45, 7) is 2.04. The molecule has 1 aromatic rings. The van der Waals surface area contributed by atoms with Crippen molar-refractivity contribution in [2.24, 2.45) is 5.14 Å². The normalized spacial score (nSPS) is 18.4. The standard InChI is InChI=1S/C12H20N4O2S/c1-16-7-5-9(6-8-16)15-10-3-2-4-11(12(10)13)19(14,17)18/h2-4,9,15H,5-8,13H2,1H3,(H2,14,17,18). The first-order chi connectivity index (χ1) is 8.88. The lowest BCUT2D eigenvalue weighted by atomic mass is 10.1. The van der Waals surface area contributed by atoms with Crippen molar-refractivity contribution in [1.82, 2.24) is 4.90 Å². The van der Waals surface area contributed by atoms with Crippen LogP contribution in [0.15, 0.2) is 23.1 Å². The van der Waals surface area contributed by atoms with E-state index in [0.717, 1.165) is 25.9 Å². The molecule has 6 nitrogen and oxygen atoms in total. The summed E-state index contributed by atoms with van der Waals surface area (Å²) < 4.78 is 22.8. The number of nitrogens with two attached hydrogens (primary N) is 2. The molecule has 0 aliphatic carbocycles. The smallest absolute Gasteiger partial charge is 0.240 e. The van der Waals surface area contributed by atoms with Crippen molar-refractivity contribution < 1.29 is 8.42 Å². The monoisotopic (exact) mass is 284 g/mol. The van der Waals surface area contributed by atoms with Crippen LogP contribution in [0.4, 0.5) is 11.4 Å². The Kier molecular flexibility index (Phi) is 3.98. The first kappa shape index (κ1) is 14.1. The number of piperidine rings is 1. The van der Waals surface area contributed by atoms with Gasteiger partial charge in [-0.2, -0.15) is 0 Å². The molecule has 0 unspecified atom stereocenters. The predicted octanol–water partition coefficient (Wildman–Crippen LogP) is 0.422. The van der Waals surface area contributed by atoms with E-state index in [4.69, 9.17) is 10.9 Å². The van der Waals surface area contributed by atoms with E-state index in [1.54, 1.807) is 12.1 Å². The summed E-state index contributed by atoms with van der Waals surface area (Å²) in [6, 6.07) is 5.16. The van der Waals surface area contributed by atoms with Gasteiger partial charge in [0.25, 0.3) is 0 Å². The molecule has 0 amide bonds. The van der Waals surface area contributed by atoms with Crippen LogP contribution in [0.25, 0.3) is 0 Å². The number of hydrogen-bond donors (Lipinski definition) is 3. The van der Waals surface area contributed by atoms with Gasteiger partial charge in [0, 0.05) is 6.04 Å².